The summed E-state index contributed by atoms with van der Waals surface area (Å²) < 4.78 is 4.51. The van der Waals surface area contributed by atoms with Crippen molar-refractivity contribution >= 4 is 5.97 Å². The van der Waals surface area contributed by atoms with E-state index in [9.17, 15) is 4.79 Å². The molecule has 100 valence electrons. The SMILES string of the molecule is O=C(C=CC1c2ccccc2-c2ccccc21)OCO. The van der Waals surface area contributed by atoms with Gasteiger partial charge in [0.2, 0.25) is 0 Å². The Kier molecular flexibility index (Phi) is 3.35. The summed E-state index contributed by atoms with van der Waals surface area (Å²) in [6.45, 7) is -0.596. The molecule has 0 aliphatic heterocycles. The van der Waals surface area contributed by atoms with Crippen molar-refractivity contribution in [2.75, 3.05) is 6.79 Å². The number of aliphatic hydroxyl groups is 1. The Morgan fingerprint density at radius 3 is 2.15 bits per heavy atom. The number of aliphatic hydroxyl groups excluding tert-OH is 1. The van der Waals surface area contributed by atoms with Crippen LogP contribution in [0.2, 0.25) is 0 Å². The van der Waals surface area contributed by atoms with Gasteiger partial charge in [-0.2, -0.15) is 0 Å². The number of hydrogen-bond acceptors (Lipinski definition) is 3. The number of benzene rings is 2. The number of hydrogen-bond donors (Lipinski definition) is 1. The van der Waals surface area contributed by atoms with Gasteiger partial charge in [0.1, 0.15) is 0 Å². The predicted molar refractivity (Wildman–Crippen MR) is 76.0 cm³/mol. The van der Waals surface area contributed by atoms with E-state index < -0.39 is 12.8 Å². The van der Waals surface area contributed by atoms with Crippen molar-refractivity contribution in [3.8, 4) is 11.1 Å². The maximum atomic E-state index is 11.4. The zero-order valence-corrected chi connectivity index (χ0v) is 10.8. The van der Waals surface area contributed by atoms with Crippen LogP contribution in [0.3, 0.4) is 0 Å². The van der Waals surface area contributed by atoms with Gasteiger partial charge in [0.05, 0.1) is 0 Å². The molecule has 0 heterocycles. The van der Waals surface area contributed by atoms with Crippen LogP contribution in [0.25, 0.3) is 11.1 Å². The fourth-order valence-corrected chi connectivity index (χ4v) is 2.69. The molecule has 0 aromatic heterocycles. The van der Waals surface area contributed by atoms with Gasteiger partial charge in [0, 0.05) is 12.0 Å². The molecule has 0 amide bonds. The molecule has 0 fully saturated rings. The Bertz CT molecular complexity index is 628. The average Bonchev–Trinajstić information content (AvgIpc) is 2.80. The third-order valence-electron chi connectivity index (χ3n) is 3.51. The Morgan fingerprint density at radius 2 is 1.60 bits per heavy atom. The smallest absolute Gasteiger partial charge is 0.332 e. The lowest BCUT2D eigenvalue weighted by Gasteiger charge is -2.07. The first-order chi connectivity index (χ1) is 9.81. The third-order valence-corrected chi connectivity index (χ3v) is 3.51. The van der Waals surface area contributed by atoms with Crippen molar-refractivity contribution < 1.29 is 14.6 Å². The van der Waals surface area contributed by atoms with Crippen LogP contribution >= 0.6 is 0 Å². The second-order valence-corrected chi connectivity index (χ2v) is 4.60. The maximum Gasteiger partial charge on any atom is 0.332 e. The lowest BCUT2D eigenvalue weighted by atomic mass is 9.96. The number of fused-ring (bicyclic) bond motifs is 3. The fourth-order valence-electron chi connectivity index (χ4n) is 2.69. The van der Waals surface area contributed by atoms with Gasteiger partial charge in [-0.15, -0.1) is 0 Å². The zero-order chi connectivity index (χ0) is 13.9. The van der Waals surface area contributed by atoms with Crippen LogP contribution in [0.1, 0.15) is 17.0 Å². The molecule has 1 aliphatic carbocycles. The van der Waals surface area contributed by atoms with E-state index in [1.54, 1.807) is 0 Å². The summed E-state index contributed by atoms with van der Waals surface area (Å²) in [6.07, 6.45) is 3.20. The van der Waals surface area contributed by atoms with Gasteiger partial charge in [0.25, 0.3) is 0 Å². The predicted octanol–water partition coefficient (Wildman–Crippen LogP) is 2.85. The first kappa shape index (κ1) is 12.6. The van der Waals surface area contributed by atoms with E-state index in [1.165, 1.54) is 28.3 Å². The van der Waals surface area contributed by atoms with E-state index in [4.69, 9.17) is 5.11 Å². The van der Waals surface area contributed by atoms with Crippen molar-refractivity contribution in [2.45, 2.75) is 5.92 Å². The number of ether oxygens (including phenoxy) is 1. The van der Waals surface area contributed by atoms with Gasteiger partial charge in [-0.25, -0.2) is 4.79 Å². The molecule has 20 heavy (non-hydrogen) atoms. The molecule has 3 nitrogen and oxygen atoms in total. The van der Waals surface area contributed by atoms with Gasteiger partial charge < -0.3 is 9.84 Å². The van der Waals surface area contributed by atoms with Crippen LogP contribution in [0.15, 0.2) is 60.7 Å². The highest BCUT2D eigenvalue weighted by Gasteiger charge is 2.25. The van der Waals surface area contributed by atoms with E-state index in [0.29, 0.717) is 0 Å². The average molecular weight is 266 g/mol. The Hall–Kier alpha value is -2.39. The van der Waals surface area contributed by atoms with Gasteiger partial charge in [-0.1, -0.05) is 54.6 Å². The molecule has 0 saturated carbocycles. The molecule has 0 unspecified atom stereocenters. The third kappa shape index (κ3) is 2.12. The van der Waals surface area contributed by atoms with Crippen LogP contribution in [-0.4, -0.2) is 17.9 Å². The van der Waals surface area contributed by atoms with E-state index in [0.717, 1.165) is 0 Å². The summed E-state index contributed by atoms with van der Waals surface area (Å²) in [5, 5.41) is 8.57. The van der Waals surface area contributed by atoms with Crippen LogP contribution in [0.4, 0.5) is 0 Å². The molecule has 0 radical (unpaired) electrons. The highest BCUT2D eigenvalue weighted by Crippen LogP contribution is 2.44. The van der Waals surface area contributed by atoms with Crippen LogP contribution in [0.5, 0.6) is 0 Å². The lowest BCUT2D eigenvalue weighted by molar-refractivity contribution is -0.145. The molecule has 2 aromatic rings. The Labute approximate surface area is 117 Å². The molecular formula is C17H14O3. The molecule has 3 rings (SSSR count). The maximum absolute atomic E-state index is 11.4. The van der Waals surface area contributed by atoms with Gasteiger partial charge in [-0.3, -0.25) is 0 Å². The minimum Gasteiger partial charge on any atom is -0.436 e. The monoisotopic (exact) mass is 266 g/mol. The van der Waals surface area contributed by atoms with Gasteiger partial charge in [0.15, 0.2) is 6.79 Å². The number of carbonyl (C=O) groups is 1. The minimum absolute atomic E-state index is 0.0497. The fraction of sp³-hybridized carbons (Fsp3) is 0.118. The molecule has 1 N–H and O–H groups in total. The molecule has 0 saturated heterocycles. The number of rotatable bonds is 3. The second-order valence-electron chi connectivity index (χ2n) is 4.60. The van der Waals surface area contributed by atoms with Crippen molar-refractivity contribution in [1.29, 1.82) is 0 Å². The highest BCUT2D eigenvalue weighted by atomic mass is 16.6. The summed E-state index contributed by atoms with van der Waals surface area (Å²) in [4.78, 5) is 11.4. The van der Waals surface area contributed by atoms with Gasteiger partial charge in [-0.05, 0) is 22.3 Å². The highest BCUT2D eigenvalue weighted by molar-refractivity contribution is 5.84. The van der Waals surface area contributed by atoms with Crippen molar-refractivity contribution in [1.82, 2.24) is 0 Å². The summed E-state index contributed by atoms with van der Waals surface area (Å²) in [5.74, 6) is -0.483. The van der Waals surface area contributed by atoms with Crippen molar-refractivity contribution in [3.63, 3.8) is 0 Å². The summed E-state index contributed by atoms with van der Waals surface area (Å²) in [6, 6.07) is 16.4. The normalized spacial score (nSPS) is 13.2. The van der Waals surface area contributed by atoms with E-state index in [1.807, 2.05) is 30.3 Å². The first-order valence-corrected chi connectivity index (χ1v) is 6.45. The summed E-state index contributed by atoms with van der Waals surface area (Å²) in [7, 11) is 0. The number of esters is 1. The topological polar surface area (TPSA) is 46.5 Å². The van der Waals surface area contributed by atoms with Crippen molar-refractivity contribution in [2.24, 2.45) is 0 Å². The standard InChI is InChI=1S/C17H14O3/c18-11-20-17(19)10-9-16-14-7-3-1-5-12(14)13-6-2-4-8-15(13)16/h1-10,16,18H,11H2. The minimum atomic E-state index is -0.596. The van der Waals surface area contributed by atoms with E-state index >= 15 is 0 Å². The molecule has 2 aromatic carbocycles. The van der Waals surface area contributed by atoms with Crippen molar-refractivity contribution in [3.05, 3.63) is 71.8 Å². The Balaban J connectivity index is 2.01. The first-order valence-electron chi connectivity index (χ1n) is 6.45. The van der Waals surface area contributed by atoms with Gasteiger partial charge >= 0.3 is 5.97 Å². The van der Waals surface area contributed by atoms with Crippen LogP contribution in [-0.2, 0) is 9.53 Å². The lowest BCUT2D eigenvalue weighted by Crippen LogP contribution is -2.02. The molecular weight excluding hydrogens is 252 g/mol. The quantitative estimate of drug-likeness (QED) is 0.528. The molecule has 0 spiro atoms. The summed E-state index contributed by atoms with van der Waals surface area (Å²) in [5.41, 5.74) is 4.77. The number of allylic oxidation sites excluding steroid dienone is 1. The second kappa shape index (κ2) is 5.31. The van der Waals surface area contributed by atoms with E-state index in [-0.39, 0.29) is 5.92 Å². The molecule has 0 atom stereocenters. The van der Waals surface area contributed by atoms with Crippen LogP contribution < -0.4 is 0 Å². The molecule has 3 heteroatoms. The molecule has 0 bridgehead atoms. The Morgan fingerprint density at radius 1 is 1.05 bits per heavy atom. The van der Waals surface area contributed by atoms with Crippen LogP contribution in [0, 0.1) is 0 Å². The summed E-state index contributed by atoms with van der Waals surface area (Å²) >= 11 is 0. The zero-order valence-electron chi connectivity index (χ0n) is 10.8. The molecule has 1 aliphatic rings. The van der Waals surface area contributed by atoms with E-state index in [2.05, 4.69) is 29.0 Å². The largest absolute Gasteiger partial charge is 0.436 e. The number of carbonyl (C=O) groups excluding carboxylic acids is 1.